The SMILES string of the molecule is Cc1cnc(N2CC3(CCOCC3)C2)c(C(=O)Nc2ccc(C(=O)N3CCc4cc(C5Nc6ccccc6N5)oc4-c4cccnc43)cc2)c1. The Hall–Kier alpha value is -5.68. The molecule has 9 rings (SSSR count). The Kier molecular flexibility index (Phi) is 7.31. The number of para-hydroxylation sites is 2. The van der Waals surface area contributed by atoms with Crippen LogP contribution in [-0.2, 0) is 11.2 Å². The van der Waals surface area contributed by atoms with E-state index in [1.54, 1.807) is 35.4 Å². The minimum atomic E-state index is -0.228. The summed E-state index contributed by atoms with van der Waals surface area (Å²) in [6, 6.07) is 22.8. The molecule has 0 bridgehead atoms. The zero-order valence-corrected chi connectivity index (χ0v) is 27.7. The van der Waals surface area contributed by atoms with Crippen LogP contribution in [0.2, 0.25) is 0 Å². The first-order chi connectivity index (χ1) is 24.4. The largest absolute Gasteiger partial charge is 0.456 e. The van der Waals surface area contributed by atoms with Gasteiger partial charge in [-0.05, 0) is 92.4 Å². The molecule has 3 N–H and O–H groups in total. The Balaban J connectivity index is 0.909. The fraction of sp³-hybridized carbons (Fsp3) is 0.282. The molecule has 0 unspecified atom stereocenters. The summed E-state index contributed by atoms with van der Waals surface area (Å²) in [5, 5.41) is 9.99. The molecule has 5 aromatic rings. The molecule has 2 fully saturated rings. The fourth-order valence-electron chi connectivity index (χ4n) is 7.62. The molecular weight excluding hydrogens is 630 g/mol. The number of hydrogen-bond donors (Lipinski definition) is 3. The zero-order chi connectivity index (χ0) is 33.8. The first-order valence-electron chi connectivity index (χ1n) is 17.2. The third-order valence-corrected chi connectivity index (χ3v) is 10.3. The van der Waals surface area contributed by atoms with Crippen LogP contribution < -0.4 is 25.8 Å². The minimum absolute atomic E-state index is 0.173. The van der Waals surface area contributed by atoms with Crippen LogP contribution in [0.5, 0.6) is 0 Å². The van der Waals surface area contributed by atoms with Crippen molar-refractivity contribution >= 4 is 40.5 Å². The quantitative estimate of drug-likeness (QED) is 0.189. The average molecular weight is 668 g/mol. The number of furan rings is 1. The van der Waals surface area contributed by atoms with E-state index in [2.05, 4.69) is 36.9 Å². The molecule has 4 aliphatic rings. The van der Waals surface area contributed by atoms with E-state index in [1.165, 1.54) is 0 Å². The van der Waals surface area contributed by atoms with Gasteiger partial charge in [-0.1, -0.05) is 12.1 Å². The number of anilines is 5. The highest BCUT2D eigenvalue weighted by molar-refractivity contribution is 6.09. The Morgan fingerprint density at radius 2 is 1.68 bits per heavy atom. The number of hydrogen-bond acceptors (Lipinski definition) is 9. The number of nitrogens with one attached hydrogen (secondary N) is 3. The van der Waals surface area contributed by atoms with Gasteiger partial charge in [0.1, 0.15) is 23.2 Å². The van der Waals surface area contributed by atoms with Crippen LogP contribution in [0.25, 0.3) is 11.3 Å². The van der Waals surface area contributed by atoms with Crippen molar-refractivity contribution in [3.05, 3.63) is 113 Å². The lowest BCUT2D eigenvalue weighted by atomic mass is 9.73. The number of amides is 2. The summed E-state index contributed by atoms with van der Waals surface area (Å²) in [6.45, 7) is 5.72. The molecule has 2 saturated heterocycles. The number of carbonyl (C=O) groups excluding carboxylic acids is 2. The highest BCUT2D eigenvalue weighted by Gasteiger charge is 2.45. The van der Waals surface area contributed by atoms with Crippen LogP contribution in [0.4, 0.5) is 28.7 Å². The van der Waals surface area contributed by atoms with E-state index < -0.39 is 0 Å². The monoisotopic (exact) mass is 667 g/mol. The Bertz CT molecular complexity index is 2090. The van der Waals surface area contributed by atoms with Gasteiger partial charge >= 0.3 is 0 Å². The van der Waals surface area contributed by atoms with Crippen LogP contribution in [-0.4, -0.2) is 54.6 Å². The standard InChI is InChI=1S/C39H37N7O4/c1-24-19-29(35(41-21-24)45-22-39(23-45)13-17-49-18-14-39)37(47)42-27-10-8-25(9-11-27)38(48)46-16-12-26-20-32(34-43-30-6-2-3-7-31(30)44-34)50-33(26)28-5-4-15-40-36(28)46/h2-11,15,19-21,34,43-44H,12-14,16-18,22-23H2,1H3,(H,42,47). The molecule has 3 aromatic heterocycles. The molecule has 0 saturated carbocycles. The van der Waals surface area contributed by atoms with Crippen LogP contribution in [0.3, 0.4) is 0 Å². The second-order valence-corrected chi connectivity index (χ2v) is 13.7. The van der Waals surface area contributed by atoms with Gasteiger partial charge in [0.2, 0.25) is 0 Å². The van der Waals surface area contributed by atoms with Crippen molar-refractivity contribution in [2.45, 2.75) is 32.4 Å². The smallest absolute Gasteiger partial charge is 0.259 e. The number of ether oxygens (including phenoxy) is 1. The van der Waals surface area contributed by atoms with Gasteiger partial charge in [0, 0.05) is 67.5 Å². The van der Waals surface area contributed by atoms with Crippen molar-refractivity contribution in [1.82, 2.24) is 9.97 Å². The lowest BCUT2D eigenvalue weighted by Crippen LogP contribution is -2.59. The van der Waals surface area contributed by atoms with E-state index in [0.29, 0.717) is 41.4 Å². The maximum atomic E-state index is 14.0. The summed E-state index contributed by atoms with van der Waals surface area (Å²) >= 11 is 0. The highest BCUT2D eigenvalue weighted by Crippen LogP contribution is 2.43. The number of benzene rings is 2. The van der Waals surface area contributed by atoms with E-state index >= 15 is 0 Å². The molecular formula is C39H37N7O4. The molecule has 11 nitrogen and oxygen atoms in total. The summed E-state index contributed by atoms with van der Waals surface area (Å²) < 4.78 is 12.0. The van der Waals surface area contributed by atoms with Crippen LogP contribution in [0.1, 0.15) is 56.6 Å². The Labute approximate surface area is 289 Å². The van der Waals surface area contributed by atoms with E-state index in [0.717, 1.165) is 78.7 Å². The number of pyridine rings is 2. The fourth-order valence-corrected chi connectivity index (χ4v) is 7.62. The third kappa shape index (κ3) is 5.34. The topological polar surface area (TPSA) is 125 Å². The second kappa shape index (κ2) is 12.0. The van der Waals surface area contributed by atoms with E-state index in [9.17, 15) is 9.59 Å². The van der Waals surface area contributed by atoms with E-state index in [1.807, 2.05) is 55.6 Å². The first-order valence-corrected chi connectivity index (χ1v) is 17.2. The molecule has 2 aromatic carbocycles. The molecule has 0 atom stereocenters. The van der Waals surface area contributed by atoms with Crippen LogP contribution in [0.15, 0.2) is 89.6 Å². The summed E-state index contributed by atoms with van der Waals surface area (Å²) in [6.07, 6.45) is 6.00. The molecule has 7 heterocycles. The average Bonchev–Trinajstić information content (AvgIpc) is 3.73. The predicted octanol–water partition coefficient (Wildman–Crippen LogP) is 6.65. The summed E-state index contributed by atoms with van der Waals surface area (Å²) in [5.74, 6) is 2.36. The van der Waals surface area contributed by atoms with E-state index in [4.69, 9.17) is 9.15 Å². The van der Waals surface area contributed by atoms with Crippen LogP contribution >= 0.6 is 0 Å². The van der Waals surface area contributed by atoms with Crippen molar-refractivity contribution in [2.75, 3.05) is 58.6 Å². The van der Waals surface area contributed by atoms with Crippen molar-refractivity contribution in [2.24, 2.45) is 5.41 Å². The maximum absolute atomic E-state index is 14.0. The van der Waals surface area contributed by atoms with Crippen molar-refractivity contribution in [3.63, 3.8) is 0 Å². The number of nitrogens with zero attached hydrogens (tertiary/aromatic N) is 4. The van der Waals surface area contributed by atoms with Gasteiger partial charge in [-0.3, -0.25) is 14.5 Å². The van der Waals surface area contributed by atoms with Gasteiger partial charge in [0.25, 0.3) is 11.8 Å². The van der Waals surface area contributed by atoms with Gasteiger partial charge in [0.15, 0.2) is 6.17 Å². The minimum Gasteiger partial charge on any atom is -0.456 e. The number of fused-ring (bicyclic) bond motifs is 4. The Morgan fingerprint density at radius 3 is 2.44 bits per heavy atom. The molecule has 2 amide bonds. The maximum Gasteiger partial charge on any atom is 0.259 e. The molecule has 4 aliphatic heterocycles. The van der Waals surface area contributed by atoms with Gasteiger partial charge in [-0.15, -0.1) is 0 Å². The summed E-state index contributed by atoms with van der Waals surface area (Å²) in [4.78, 5) is 40.8. The number of rotatable bonds is 5. The van der Waals surface area contributed by atoms with Gasteiger partial charge in [-0.2, -0.15) is 0 Å². The lowest BCUT2D eigenvalue weighted by Gasteiger charge is -2.53. The molecule has 50 heavy (non-hydrogen) atoms. The number of aromatic nitrogens is 2. The second-order valence-electron chi connectivity index (χ2n) is 13.7. The van der Waals surface area contributed by atoms with Crippen molar-refractivity contribution < 1.29 is 18.7 Å². The van der Waals surface area contributed by atoms with Crippen molar-refractivity contribution in [1.29, 1.82) is 0 Å². The first kappa shape index (κ1) is 30.4. The van der Waals surface area contributed by atoms with E-state index in [-0.39, 0.29) is 23.4 Å². The number of aryl methyl sites for hydroxylation is 1. The van der Waals surface area contributed by atoms with Crippen LogP contribution in [0, 0.1) is 12.3 Å². The summed E-state index contributed by atoms with van der Waals surface area (Å²) in [5.41, 5.74) is 6.66. The highest BCUT2D eigenvalue weighted by atomic mass is 16.5. The normalized spacial score (nSPS) is 17.5. The van der Waals surface area contributed by atoms with Gasteiger partial charge in [0.05, 0.1) is 22.5 Å². The predicted molar refractivity (Wildman–Crippen MR) is 192 cm³/mol. The summed E-state index contributed by atoms with van der Waals surface area (Å²) in [7, 11) is 0. The molecule has 252 valence electrons. The van der Waals surface area contributed by atoms with Gasteiger partial charge < -0.3 is 30.0 Å². The molecule has 11 heteroatoms. The molecule has 1 spiro atoms. The molecule has 0 aliphatic carbocycles. The Morgan fingerprint density at radius 1 is 0.920 bits per heavy atom. The number of carbonyl (C=O) groups is 2. The zero-order valence-electron chi connectivity index (χ0n) is 27.7. The van der Waals surface area contributed by atoms with Crippen molar-refractivity contribution in [3.8, 4) is 11.3 Å². The van der Waals surface area contributed by atoms with Gasteiger partial charge in [-0.25, -0.2) is 9.97 Å². The lowest BCUT2D eigenvalue weighted by molar-refractivity contribution is -0.000510. The molecule has 0 radical (unpaired) electrons. The third-order valence-electron chi connectivity index (χ3n) is 10.3.